The molecule has 2 heterocycles. The second kappa shape index (κ2) is 7.51. The van der Waals surface area contributed by atoms with Gasteiger partial charge in [0, 0.05) is 9.78 Å². The number of rotatable bonds is 6. The first-order chi connectivity index (χ1) is 11.7. The zero-order valence-electron chi connectivity index (χ0n) is 14.0. The molecule has 1 fully saturated rings. The second-order valence-electron chi connectivity index (χ2n) is 6.11. The number of carbonyl (C=O) groups excluding carboxylic acids is 2. The second-order valence-corrected chi connectivity index (χ2v) is 7.41. The highest BCUT2D eigenvalue weighted by Gasteiger charge is 2.50. The van der Waals surface area contributed by atoms with Crippen molar-refractivity contribution in [3.63, 3.8) is 0 Å². The van der Waals surface area contributed by atoms with Gasteiger partial charge in [-0.3, -0.25) is 15.5 Å². The summed E-state index contributed by atoms with van der Waals surface area (Å²) in [6.45, 7) is 7.07. The summed E-state index contributed by atoms with van der Waals surface area (Å²) in [5.74, 6) is -1.32. The van der Waals surface area contributed by atoms with Gasteiger partial charge in [-0.2, -0.15) is 0 Å². The van der Waals surface area contributed by atoms with E-state index in [-0.39, 0.29) is 18.5 Å². The zero-order chi connectivity index (χ0) is 18.8. The average Bonchev–Trinajstić information content (AvgIpc) is 2.85. The SMILES string of the molecule is C=C/C(F)=C(/I)CC(C)[C@]1(Cn2cccc(C)c2=N)NC(=O)NC1=O. The van der Waals surface area contributed by atoms with Crippen LogP contribution >= 0.6 is 22.6 Å². The van der Waals surface area contributed by atoms with Gasteiger partial charge in [0.1, 0.15) is 16.9 Å². The van der Waals surface area contributed by atoms with E-state index < -0.39 is 29.2 Å². The van der Waals surface area contributed by atoms with Crippen molar-refractivity contribution in [3.8, 4) is 0 Å². The summed E-state index contributed by atoms with van der Waals surface area (Å²) in [6, 6.07) is 2.99. The predicted octanol–water partition coefficient (Wildman–Crippen LogP) is 2.68. The molecule has 1 aromatic rings. The molecule has 0 aliphatic carbocycles. The van der Waals surface area contributed by atoms with Crippen molar-refractivity contribution in [1.82, 2.24) is 15.2 Å². The van der Waals surface area contributed by atoms with Crippen LogP contribution in [0.15, 0.2) is 40.4 Å². The van der Waals surface area contributed by atoms with E-state index in [9.17, 15) is 14.0 Å². The molecule has 1 saturated heterocycles. The lowest BCUT2D eigenvalue weighted by Crippen LogP contribution is -2.56. The Morgan fingerprint density at radius 3 is 2.80 bits per heavy atom. The Labute approximate surface area is 158 Å². The predicted molar refractivity (Wildman–Crippen MR) is 101 cm³/mol. The number of amides is 3. The Morgan fingerprint density at radius 2 is 2.24 bits per heavy atom. The monoisotopic (exact) mass is 458 g/mol. The standard InChI is InChI=1S/C17H20FIN4O2/c1-4-12(18)13(19)8-11(3)17(15(24)21-16(25)22-17)9-23-7-5-6-10(2)14(23)20/h4-7,11,20H,1,8-9H2,2-3H3,(H2,21,22,24,25)/b13-12-,20-14?/t11?,17-/m0/s1. The highest BCUT2D eigenvalue weighted by molar-refractivity contribution is 14.1. The highest BCUT2D eigenvalue weighted by Crippen LogP contribution is 2.32. The van der Waals surface area contributed by atoms with E-state index in [4.69, 9.17) is 5.41 Å². The van der Waals surface area contributed by atoms with Crippen LogP contribution in [0.5, 0.6) is 0 Å². The number of imide groups is 1. The Balaban J connectivity index is 2.44. The smallest absolute Gasteiger partial charge is 0.322 e. The number of aromatic nitrogens is 1. The third kappa shape index (κ3) is 3.83. The van der Waals surface area contributed by atoms with Gasteiger partial charge in [0.05, 0.1) is 6.54 Å². The molecule has 0 spiro atoms. The summed E-state index contributed by atoms with van der Waals surface area (Å²) in [5, 5.41) is 13.1. The van der Waals surface area contributed by atoms with E-state index in [1.165, 1.54) is 0 Å². The van der Waals surface area contributed by atoms with Crippen molar-refractivity contribution < 1.29 is 14.0 Å². The molecule has 1 unspecified atom stereocenters. The minimum absolute atomic E-state index is 0.0892. The van der Waals surface area contributed by atoms with Gasteiger partial charge in [-0.25, -0.2) is 9.18 Å². The Kier molecular flexibility index (Phi) is 5.81. The minimum Gasteiger partial charge on any atom is -0.330 e. The Bertz CT molecular complexity index is 817. The van der Waals surface area contributed by atoms with Crippen LogP contribution in [0, 0.1) is 18.3 Å². The van der Waals surface area contributed by atoms with Crippen molar-refractivity contribution in [2.75, 3.05) is 0 Å². The number of hydrogen-bond donors (Lipinski definition) is 3. The molecule has 0 bridgehead atoms. The van der Waals surface area contributed by atoms with Gasteiger partial charge >= 0.3 is 6.03 Å². The third-order valence-corrected chi connectivity index (χ3v) is 5.38. The van der Waals surface area contributed by atoms with Gasteiger partial charge in [0.2, 0.25) is 0 Å². The number of aryl methyl sites for hydroxylation is 1. The maximum atomic E-state index is 13.7. The molecule has 1 aliphatic rings. The fourth-order valence-electron chi connectivity index (χ4n) is 2.84. The van der Waals surface area contributed by atoms with Crippen LogP contribution in [0.25, 0.3) is 0 Å². The van der Waals surface area contributed by atoms with Gasteiger partial charge in [-0.05, 0) is 59.6 Å². The van der Waals surface area contributed by atoms with Crippen molar-refractivity contribution in [2.24, 2.45) is 5.92 Å². The van der Waals surface area contributed by atoms with E-state index in [1.54, 1.807) is 36.7 Å². The largest absolute Gasteiger partial charge is 0.330 e. The van der Waals surface area contributed by atoms with Crippen molar-refractivity contribution in [1.29, 1.82) is 5.41 Å². The van der Waals surface area contributed by atoms with Gasteiger partial charge in [0.25, 0.3) is 5.91 Å². The number of nitrogens with zero attached hydrogens (tertiary/aromatic N) is 1. The molecule has 0 saturated carbocycles. The van der Waals surface area contributed by atoms with E-state index in [0.29, 0.717) is 3.58 Å². The molecule has 1 aromatic heterocycles. The summed E-state index contributed by atoms with van der Waals surface area (Å²) in [7, 11) is 0. The maximum Gasteiger partial charge on any atom is 0.322 e. The lowest BCUT2D eigenvalue weighted by Gasteiger charge is -2.33. The van der Waals surface area contributed by atoms with E-state index in [1.807, 2.05) is 22.6 Å². The topological polar surface area (TPSA) is 87.0 Å². The molecule has 3 amide bonds. The number of urea groups is 1. The molecular weight excluding hydrogens is 438 g/mol. The first-order valence-electron chi connectivity index (χ1n) is 7.72. The van der Waals surface area contributed by atoms with Crippen LogP contribution in [-0.4, -0.2) is 22.0 Å². The average molecular weight is 458 g/mol. The van der Waals surface area contributed by atoms with Crippen LogP contribution in [0.1, 0.15) is 18.9 Å². The molecule has 8 heteroatoms. The number of nitrogens with one attached hydrogen (secondary N) is 3. The Hall–Kier alpha value is -1.97. The molecule has 25 heavy (non-hydrogen) atoms. The Morgan fingerprint density at radius 1 is 1.56 bits per heavy atom. The van der Waals surface area contributed by atoms with Gasteiger partial charge in [-0.1, -0.05) is 19.6 Å². The van der Waals surface area contributed by atoms with Crippen LogP contribution in [-0.2, 0) is 11.3 Å². The number of hydrogen-bond acceptors (Lipinski definition) is 3. The number of pyridine rings is 1. The summed E-state index contributed by atoms with van der Waals surface area (Å²) >= 11 is 1.88. The summed E-state index contributed by atoms with van der Waals surface area (Å²) < 4.78 is 15.8. The molecule has 0 aromatic carbocycles. The number of allylic oxidation sites excluding steroid dienone is 3. The minimum atomic E-state index is -1.26. The molecule has 6 nitrogen and oxygen atoms in total. The first-order valence-corrected chi connectivity index (χ1v) is 8.80. The van der Waals surface area contributed by atoms with Crippen LogP contribution < -0.4 is 16.1 Å². The maximum absolute atomic E-state index is 13.7. The van der Waals surface area contributed by atoms with E-state index in [0.717, 1.165) is 11.6 Å². The lowest BCUT2D eigenvalue weighted by atomic mass is 9.82. The van der Waals surface area contributed by atoms with Crippen molar-refractivity contribution in [3.05, 3.63) is 51.4 Å². The molecule has 3 N–H and O–H groups in total. The van der Waals surface area contributed by atoms with E-state index >= 15 is 0 Å². The molecular formula is C17H20FIN4O2. The molecule has 2 rings (SSSR count). The molecule has 0 radical (unpaired) electrons. The number of halogens is 2. The van der Waals surface area contributed by atoms with E-state index in [2.05, 4.69) is 17.2 Å². The van der Waals surface area contributed by atoms with Crippen molar-refractivity contribution in [2.45, 2.75) is 32.4 Å². The van der Waals surface area contributed by atoms with Crippen LogP contribution in [0.3, 0.4) is 0 Å². The molecule has 1 aliphatic heterocycles. The molecule has 134 valence electrons. The summed E-state index contributed by atoms with van der Waals surface area (Å²) in [4.78, 5) is 24.4. The van der Waals surface area contributed by atoms with Gasteiger partial charge < -0.3 is 9.88 Å². The van der Waals surface area contributed by atoms with Crippen LogP contribution in [0.2, 0.25) is 0 Å². The summed E-state index contributed by atoms with van der Waals surface area (Å²) in [6.07, 6.45) is 3.06. The van der Waals surface area contributed by atoms with Crippen molar-refractivity contribution >= 4 is 34.5 Å². The highest BCUT2D eigenvalue weighted by atomic mass is 127. The summed E-state index contributed by atoms with van der Waals surface area (Å²) in [5.41, 5.74) is -0.254. The zero-order valence-corrected chi connectivity index (χ0v) is 16.2. The molecule has 2 atom stereocenters. The first kappa shape index (κ1) is 19.4. The number of carbonyl (C=O) groups is 2. The fraction of sp³-hybridized carbons (Fsp3) is 0.353. The van der Waals surface area contributed by atoms with Gasteiger partial charge in [0.15, 0.2) is 0 Å². The van der Waals surface area contributed by atoms with Crippen LogP contribution in [0.4, 0.5) is 9.18 Å². The fourth-order valence-corrected chi connectivity index (χ4v) is 3.72. The quantitative estimate of drug-likeness (QED) is 0.348. The lowest BCUT2D eigenvalue weighted by molar-refractivity contribution is -0.126. The normalized spacial score (nSPS) is 22.1. The van der Waals surface area contributed by atoms with Gasteiger partial charge in [-0.15, -0.1) is 0 Å². The third-order valence-electron chi connectivity index (χ3n) is 4.43.